The second-order valence-corrected chi connectivity index (χ2v) is 5.82. The van der Waals surface area contributed by atoms with Crippen LogP contribution in [0.3, 0.4) is 0 Å². The third-order valence-corrected chi connectivity index (χ3v) is 3.87. The molecule has 2 fully saturated rings. The molecule has 0 bridgehead atoms. The number of hydrogen-bond acceptors (Lipinski definition) is 4. The van der Waals surface area contributed by atoms with Crippen LogP contribution >= 0.6 is 0 Å². The molecule has 6 heteroatoms. The molecule has 1 aromatic heterocycles. The van der Waals surface area contributed by atoms with E-state index in [0.29, 0.717) is 11.6 Å². The SMILES string of the molecule is CC(CN(C(=O)c1cc(C2CC2)on1)C1CC1)C(=O)O. The number of amides is 1. The molecule has 3 rings (SSSR count). The van der Waals surface area contributed by atoms with Crippen LogP contribution in [0.5, 0.6) is 0 Å². The molecule has 1 amide bonds. The number of carbonyl (C=O) groups excluding carboxylic acids is 1. The first-order chi connectivity index (χ1) is 9.56. The van der Waals surface area contributed by atoms with Crippen molar-refractivity contribution in [3.05, 3.63) is 17.5 Å². The van der Waals surface area contributed by atoms with Crippen LogP contribution in [0.1, 0.15) is 54.8 Å². The van der Waals surface area contributed by atoms with Crippen molar-refractivity contribution >= 4 is 11.9 Å². The van der Waals surface area contributed by atoms with Crippen LogP contribution in [0.25, 0.3) is 0 Å². The molecule has 0 saturated heterocycles. The molecule has 108 valence electrons. The van der Waals surface area contributed by atoms with Gasteiger partial charge in [-0.1, -0.05) is 12.1 Å². The molecule has 2 aliphatic rings. The van der Waals surface area contributed by atoms with E-state index in [2.05, 4.69) is 5.16 Å². The summed E-state index contributed by atoms with van der Waals surface area (Å²) in [7, 11) is 0. The second-order valence-electron chi connectivity index (χ2n) is 5.82. The predicted octanol–water partition coefficient (Wildman–Crippen LogP) is 1.88. The number of aromatic nitrogens is 1. The van der Waals surface area contributed by atoms with Gasteiger partial charge in [0.25, 0.3) is 5.91 Å². The van der Waals surface area contributed by atoms with Gasteiger partial charge in [-0.2, -0.15) is 0 Å². The number of aliphatic carboxylic acids is 1. The van der Waals surface area contributed by atoms with Gasteiger partial charge in [0.1, 0.15) is 5.76 Å². The Morgan fingerprint density at radius 2 is 2.15 bits per heavy atom. The minimum absolute atomic E-state index is 0.158. The van der Waals surface area contributed by atoms with E-state index in [1.165, 1.54) is 0 Å². The van der Waals surface area contributed by atoms with Crippen LogP contribution in [0.2, 0.25) is 0 Å². The van der Waals surface area contributed by atoms with Crippen molar-refractivity contribution in [3.8, 4) is 0 Å². The molecule has 0 spiro atoms. The molecule has 1 atom stereocenters. The molecule has 1 unspecified atom stereocenters. The van der Waals surface area contributed by atoms with Crippen LogP contribution in [0.15, 0.2) is 10.6 Å². The van der Waals surface area contributed by atoms with Gasteiger partial charge in [0.05, 0.1) is 5.92 Å². The van der Waals surface area contributed by atoms with Crippen LogP contribution in [0.4, 0.5) is 0 Å². The molecule has 1 N–H and O–H groups in total. The molecule has 0 radical (unpaired) electrons. The summed E-state index contributed by atoms with van der Waals surface area (Å²) in [5, 5.41) is 12.8. The number of carboxylic acid groups (broad SMARTS) is 1. The zero-order valence-corrected chi connectivity index (χ0v) is 11.4. The zero-order chi connectivity index (χ0) is 14.3. The van der Waals surface area contributed by atoms with E-state index in [0.717, 1.165) is 31.4 Å². The van der Waals surface area contributed by atoms with Gasteiger partial charge in [0.2, 0.25) is 0 Å². The van der Waals surface area contributed by atoms with Crippen LogP contribution in [-0.2, 0) is 4.79 Å². The maximum absolute atomic E-state index is 12.5. The number of carbonyl (C=O) groups is 2. The smallest absolute Gasteiger partial charge is 0.308 e. The van der Waals surface area contributed by atoms with Gasteiger partial charge < -0.3 is 14.5 Å². The zero-order valence-electron chi connectivity index (χ0n) is 11.4. The summed E-state index contributed by atoms with van der Waals surface area (Å²) in [5.41, 5.74) is 0.302. The summed E-state index contributed by atoms with van der Waals surface area (Å²) < 4.78 is 5.20. The fraction of sp³-hybridized carbons (Fsp3) is 0.643. The quantitative estimate of drug-likeness (QED) is 0.858. The highest BCUT2D eigenvalue weighted by Gasteiger charge is 2.37. The van der Waals surface area contributed by atoms with Gasteiger partial charge in [0.15, 0.2) is 5.69 Å². The lowest BCUT2D eigenvalue weighted by molar-refractivity contribution is -0.141. The Bertz CT molecular complexity index is 531. The van der Waals surface area contributed by atoms with Crippen molar-refractivity contribution in [2.24, 2.45) is 5.92 Å². The molecule has 0 aliphatic heterocycles. The standard InChI is InChI=1S/C14H18N2O4/c1-8(14(18)19)7-16(10-4-5-10)13(17)11-6-12(20-15-11)9-2-3-9/h6,8-10H,2-5,7H2,1H3,(H,18,19). The largest absolute Gasteiger partial charge is 0.481 e. The van der Waals surface area contributed by atoms with Gasteiger partial charge in [-0.15, -0.1) is 0 Å². The van der Waals surface area contributed by atoms with E-state index in [9.17, 15) is 9.59 Å². The Hall–Kier alpha value is -1.85. The van der Waals surface area contributed by atoms with Gasteiger partial charge in [-0.25, -0.2) is 0 Å². The minimum atomic E-state index is -0.887. The van der Waals surface area contributed by atoms with E-state index in [4.69, 9.17) is 9.63 Å². The third-order valence-electron chi connectivity index (χ3n) is 3.87. The Morgan fingerprint density at radius 1 is 1.45 bits per heavy atom. The number of hydrogen-bond donors (Lipinski definition) is 1. The summed E-state index contributed by atoms with van der Waals surface area (Å²) in [5.74, 6) is -0.486. The lowest BCUT2D eigenvalue weighted by Gasteiger charge is -2.23. The Balaban J connectivity index is 1.72. The third kappa shape index (κ3) is 2.69. The maximum atomic E-state index is 12.5. The van der Waals surface area contributed by atoms with Crippen LogP contribution in [-0.4, -0.2) is 39.6 Å². The highest BCUT2D eigenvalue weighted by atomic mass is 16.5. The Morgan fingerprint density at radius 3 is 2.70 bits per heavy atom. The molecular formula is C14H18N2O4. The lowest BCUT2D eigenvalue weighted by atomic mass is 10.1. The van der Waals surface area contributed by atoms with E-state index >= 15 is 0 Å². The van der Waals surface area contributed by atoms with Crippen molar-refractivity contribution in [2.75, 3.05) is 6.54 Å². The van der Waals surface area contributed by atoms with E-state index < -0.39 is 11.9 Å². The molecule has 1 heterocycles. The molecule has 20 heavy (non-hydrogen) atoms. The molecular weight excluding hydrogens is 260 g/mol. The first-order valence-corrected chi connectivity index (χ1v) is 7.06. The summed E-state index contributed by atoms with van der Waals surface area (Å²) in [6, 6.07) is 1.87. The predicted molar refractivity (Wildman–Crippen MR) is 69.3 cm³/mol. The molecule has 0 aromatic carbocycles. The fourth-order valence-electron chi connectivity index (χ4n) is 2.25. The average Bonchev–Trinajstić information content (AvgIpc) is 3.34. The average molecular weight is 278 g/mol. The summed E-state index contributed by atoms with van der Waals surface area (Å²) in [6.45, 7) is 1.84. The summed E-state index contributed by atoms with van der Waals surface area (Å²) in [6.07, 6.45) is 4.05. The van der Waals surface area contributed by atoms with E-state index in [1.54, 1.807) is 17.9 Å². The highest BCUT2D eigenvalue weighted by Crippen LogP contribution is 2.40. The highest BCUT2D eigenvalue weighted by molar-refractivity contribution is 5.93. The van der Waals surface area contributed by atoms with Crippen molar-refractivity contribution < 1.29 is 19.2 Å². The molecule has 2 saturated carbocycles. The second kappa shape index (κ2) is 4.92. The van der Waals surface area contributed by atoms with Crippen molar-refractivity contribution in [2.45, 2.75) is 44.6 Å². The van der Waals surface area contributed by atoms with E-state index in [-0.39, 0.29) is 18.5 Å². The molecule has 2 aliphatic carbocycles. The lowest BCUT2D eigenvalue weighted by Crippen LogP contribution is -2.38. The van der Waals surface area contributed by atoms with Crippen LogP contribution in [0, 0.1) is 5.92 Å². The van der Waals surface area contributed by atoms with Gasteiger partial charge >= 0.3 is 5.97 Å². The Kier molecular flexibility index (Phi) is 3.23. The van der Waals surface area contributed by atoms with Gasteiger partial charge in [0, 0.05) is 24.6 Å². The fourth-order valence-corrected chi connectivity index (χ4v) is 2.25. The Labute approximate surface area is 116 Å². The number of rotatable bonds is 6. The van der Waals surface area contributed by atoms with Crippen LogP contribution < -0.4 is 0 Å². The monoisotopic (exact) mass is 278 g/mol. The summed E-state index contributed by atoms with van der Waals surface area (Å²) in [4.78, 5) is 25.0. The van der Waals surface area contributed by atoms with Crippen molar-refractivity contribution in [1.29, 1.82) is 0 Å². The maximum Gasteiger partial charge on any atom is 0.308 e. The molecule has 6 nitrogen and oxygen atoms in total. The van der Waals surface area contributed by atoms with Crippen molar-refractivity contribution in [3.63, 3.8) is 0 Å². The first kappa shape index (κ1) is 13.1. The number of nitrogens with zero attached hydrogens (tertiary/aromatic N) is 2. The van der Waals surface area contributed by atoms with Gasteiger partial charge in [-0.05, 0) is 25.7 Å². The van der Waals surface area contributed by atoms with Gasteiger partial charge in [-0.3, -0.25) is 9.59 Å². The minimum Gasteiger partial charge on any atom is -0.481 e. The topological polar surface area (TPSA) is 83.6 Å². The first-order valence-electron chi connectivity index (χ1n) is 7.06. The normalized spacial score (nSPS) is 19.6. The molecule has 1 aromatic rings. The summed E-state index contributed by atoms with van der Waals surface area (Å²) >= 11 is 0. The van der Waals surface area contributed by atoms with Crippen molar-refractivity contribution in [1.82, 2.24) is 10.1 Å². The number of carboxylic acids is 1. The van der Waals surface area contributed by atoms with E-state index in [1.807, 2.05) is 0 Å².